The van der Waals surface area contributed by atoms with Gasteiger partial charge in [0.15, 0.2) is 0 Å². The Morgan fingerprint density at radius 2 is 0.900 bits per heavy atom. The van der Waals surface area contributed by atoms with Crippen LogP contribution in [0.3, 0.4) is 0 Å². The lowest BCUT2D eigenvalue weighted by molar-refractivity contribution is -0.150. The Labute approximate surface area is 249 Å². The minimum atomic E-state index is -0.743. The number of carboxylic acid groups (broad SMARTS) is 1. The Hall–Kier alpha value is -1.32. The quantitative estimate of drug-likeness (QED) is 0.0501. The zero-order chi connectivity index (χ0) is 29.4. The molecule has 0 heterocycles. The summed E-state index contributed by atoms with van der Waals surface area (Å²) in [6.45, 7) is 4.52. The van der Waals surface area contributed by atoms with Crippen molar-refractivity contribution >= 4 is 11.9 Å². The van der Waals surface area contributed by atoms with Gasteiger partial charge in [-0.05, 0) is 64.2 Å². The molecule has 4 heteroatoms. The molecule has 0 spiro atoms. The van der Waals surface area contributed by atoms with E-state index in [2.05, 4.69) is 26.0 Å². The molecule has 236 valence electrons. The van der Waals surface area contributed by atoms with E-state index in [1.165, 1.54) is 128 Å². The van der Waals surface area contributed by atoms with E-state index in [1.54, 1.807) is 0 Å². The molecular formula is C36H68O4. The molecule has 0 radical (unpaired) electrons. The molecule has 0 aromatic heterocycles. The summed E-state index contributed by atoms with van der Waals surface area (Å²) in [6.07, 6.45) is 37.8. The van der Waals surface area contributed by atoms with Gasteiger partial charge in [0.05, 0.1) is 0 Å². The number of esters is 1. The molecule has 0 saturated heterocycles. The molecule has 0 aliphatic heterocycles. The number of allylic oxidation sites excluding steroid dienone is 2. The van der Waals surface area contributed by atoms with E-state index in [9.17, 15) is 9.59 Å². The third kappa shape index (κ3) is 31.2. The molecule has 0 rings (SSSR count). The van der Waals surface area contributed by atoms with E-state index in [1.807, 2.05) is 0 Å². The molecule has 0 saturated carbocycles. The number of rotatable bonds is 32. The normalized spacial score (nSPS) is 12.2. The molecule has 0 aromatic rings. The first-order valence-electron chi connectivity index (χ1n) is 17.7. The standard InChI is InChI=1S/C36H68O4/c1-3-5-7-9-11-13-15-17-19-21-23-25-27-33-36(39)40-34(31-28-29-32-35(37)38)30-26-24-22-20-18-16-14-12-10-8-6-4-2/h13,15,34H,3-12,14,16-33H2,1-2H3,(H,37,38)/b15-13-. The highest BCUT2D eigenvalue weighted by Crippen LogP contribution is 2.18. The van der Waals surface area contributed by atoms with Crippen LogP contribution in [0.2, 0.25) is 0 Å². The average Bonchev–Trinajstić information content (AvgIpc) is 2.93. The maximum atomic E-state index is 12.5. The molecule has 40 heavy (non-hydrogen) atoms. The van der Waals surface area contributed by atoms with Gasteiger partial charge in [-0.3, -0.25) is 9.59 Å². The van der Waals surface area contributed by atoms with Crippen LogP contribution in [0.5, 0.6) is 0 Å². The Morgan fingerprint density at radius 1 is 0.525 bits per heavy atom. The predicted octanol–water partition coefficient (Wildman–Crippen LogP) is 11.9. The van der Waals surface area contributed by atoms with Crippen molar-refractivity contribution in [3.05, 3.63) is 12.2 Å². The van der Waals surface area contributed by atoms with E-state index < -0.39 is 5.97 Å². The summed E-state index contributed by atoms with van der Waals surface area (Å²) in [7, 11) is 0. The number of ether oxygens (including phenoxy) is 1. The lowest BCUT2D eigenvalue weighted by atomic mass is 10.0. The van der Waals surface area contributed by atoms with Crippen molar-refractivity contribution in [2.75, 3.05) is 0 Å². The highest BCUT2D eigenvalue weighted by Gasteiger charge is 2.14. The highest BCUT2D eigenvalue weighted by molar-refractivity contribution is 5.69. The van der Waals surface area contributed by atoms with Gasteiger partial charge < -0.3 is 9.84 Å². The molecule has 4 nitrogen and oxygen atoms in total. The highest BCUT2D eigenvalue weighted by atomic mass is 16.5. The van der Waals surface area contributed by atoms with Gasteiger partial charge >= 0.3 is 11.9 Å². The molecule has 1 atom stereocenters. The number of hydrogen-bond acceptors (Lipinski definition) is 3. The fourth-order valence-electron chi connectivity index (χ4n) is 5.35. The molecule has 1 N–H and O–H groups in total. The summed E-state index contributed by atoms with van der Waals surface area (Å²) in [4.78, 5) is 23.3. The Bertz CT molecular complexity index is 571. The maximum Gasteiger partial charge on any atom is 0.306 e. The van der Waals surface area contributed by atoms with Gasteiger partial charge in [-0.1, -0.05) is 135 Å². The van der Waals surface area contributed by atoms with E-state index in [-0.39, 0.29) is 18.5 Å². The average molecular weight is 565 g/mol. The van der Waals surface area contributed by atoms with E-state index in [0.717, 1.165) is 38.5 Å². The van der Waals surface area contributed by atoms with Gasteiger partial charge in [-0.15, -0.1) is 0 Å². The first-order valence-corrected chi connectivity index (χ1v) is 17.7. The topological polar surface area (TPSA) is 63.6 Å². The summed E-state index contributed by atoms with van der Waals surface area (Å²) in [5.74, 6) is -0.805. The second kappa shape index (κ2) is 32.2. The maximum absolute atomic E-state index is 12.5. The summed E-state index contributed by atoms with van der Waals surface area (Å²) < 4.78 is 5.87. The van der Waals surface area contributed by atoms with Gasteiger partial charge in [0.25, 0.3) is 0 Å². The van der Waals surface area contributed by atoms with Crippen LogP contribution in [0.1, 0.15) is 200 Å². The van der Waals surface area contributed by atoms with E-state index >= 15 is 0 Å². The molecule has 0 fully saturated rings. The lowest BCUT2D eigenvalue weighted by Gasteiger charge is -2.18. The molecule has 1 unspecified atom stereocenters. The largest absolute Gasteiger partial charge is 0.481 e. The number of unbranched alkanes of at least 4 members (excludes halogenated alkanes) is 21. The summed E-state index contributed by atoms with van der Waals surface area (Å²) in [6, 6.07) is 0. The number of carbonyl (C=O) groups excluding carboxylic acids is 1. The monoisotopic (exact) mass is 565 g/mol. The van der Waals surface area contributed by atoms with Crippen LogP contribution < -0.4 is 0 Å². The Balaban J connectivity index is 3.92. The summed E-state index contributed by atoms with van der Waals surface area (Å²) in [5, 5.41) is 8.91. The predicted molar refractivity (Wildman–Crippen MR) is 172 cm³/mol. The van der Waals surface area contributed by atoms with Crippen molar-refractivity contribution in [1.82, 2.24) is 0 Å². The summed E-state index contributed by atoms with van der Waals surface area (Å²) >= 11 is 0. The van der Waals surface area contributed by atoms with Gasteiger partial charge in [-0.2, -0.15) is 0 Å². The van der Waals surface area contributed by atoms with Crippen LogP contribution in [0.15, 0.2) is 12.2 Å². The molecule has 0 aliphatic rings. The second-order valence-corrected chi connectivity index (χ2v) is 12.1. The van der Waals surface area contributed by atoms with Crippen LogP contribution in [0, 0.1) is 0 Å². The van der Waals surface area contributed by atoms with Crippen LogP contribution >= 0.6 is 0 Å². The zero-order valence-corrected chi connectivity index (χ0v) is 26.9. The first kappa shape index (κ1) is 38.7. The van der Waals surface area contributed by atoms with Crippen molar-refractivity contribution in [2.24, 2.45) is 0 Å². The number of carboxylic acids is 1. The van der Waals surface area contributed by atoms with E-state index in [0.29, 0.717) is 12.8 Å². The van der Waals surface area contributed by atoms with Gasteiger partial charge in [-0.25, -0.2) is 0 Å². The van der Waals surface area contributed by atoms with Crippen molar-refractivity contribution in [2.45, 2.75) is 206 Å². The molecule has 0 bridgehead atoms. The number of aliphatic carboxylic acids is 1. The lowest BCUT2D eigenvalue weighted by Crippen LogP contribution is -2.18. The number of carbonyl (C=O) groups is 2. The van der Waals surface area contributed by atoms with Crippen molar-refractivity contribution < 1.29 is 19.4 Å². The fourth-order valence-corrected chi connectivity index (χ4v) is 5.35. The Morgan fingerprint density at radius 3 is 1.40 bits per heavy atom. The van der Waals surface area contributed by atoms with Gasteiger partial charge in [0.2, 0.25) is 0 Å². The minimum Gasteiger partial charge on any atom is -0.481 e. The van der Waals surface area contributed by atoms with Gasteiger partial charge in [0.1, 0.15) is 6.10 Å². The fraction of sp³-hybridized carbons (Fsp3) is 0.889. The Kier molecular flexibility index (Phi) is 31.1. The third-order valence-corrected chi connectivity index (χ3v) is 7.99. The van der Waals surface area contributed by atoms with E-state index in [4.69, 9.17) is 9.84 Å². The molecule has 0 aromatic carbocycles. The SMILES string of the molecule is CCCCCC/C=C\CCCCCCCC(=O)OC(CCCCCCCCCCCCCC)CCCCC(=O)O. The second-order valence-electron chi connectivity index (χ2n) is 12.1. The van der Waals surface area contributed by atoms with Crippen LogP contribution in [-0.4, -0.2) is 23.1 Å². The first-order chi connectivity index (χ1) is 19.6. The van der Waals surface area contributed by atoms with Crippen LogP contribution in [0.4, 0.5) is 0 Å². The van der Waals surface area contributed by atoms with Crippen molar-refractivity contribution in [1.29, 1.82) is 0 Å². The molecule has 0 amide bonds. The van der Waals surface area contributed by atoms with Crippen molar-refractivity contribution in [3.8, 4) is 0 Å². The molecule has 0 aliphatic carbocycles. The van der Waals surface area contributed by atoms with Crippen molar-refractivity contribution in [3.63, 3.8) is 0 Å². The zero-order valence-electron chi connectivity index (χ0n) is 26.9. The third-order valence-electron chi connectivity index (χ3n) is 7.99. The van der Waals surface area contributed by atoms with Crippen LogP contribution in [-0.2, 0) is 14.3 Å². The number of hydrogen-bond donors (Lipinski definition) is 1. The smallest absolute Gasteiger partial charge is 0.306 e. The van der Waals surface area contributed by atoms with Gasteiger partial charge in [0, 0.05) is 12.8 Å². The summed E-state index contributed by atoms with van der Waals surface area (Å²) in [5.41, 5.74) is 0. The van der Waals surface area contributed by atoms with Crippen LogP contribution in [0.25, 0.3) is 0 Å². The molecular weight excluding hydrogens is 496 g/mol. The minimum absolute atomic E-state index is 0.0434.